The number of hydrogen-bond acceptors (Lipinski definition) is 3. The number of aryl methyl sites for hydroxylation is 2. The molecule has 1 aromatic carbocycles. The minimum Gasteiger partial charge on any atom is -0.373 e. The van der Waals surface area contributed by atoms with Crippen LogP contribution in [0.2, 0.25) is 0 Å². The number of nitrogens with zero attached hydrogens (tertiary/aromatic N) is 1. The summed E-state index contributed by atoms with van der Waals surface area (Å²) in [6, 6.07) is 5.94. The Morgan fingerprint density at radius 1 is 1.42 bits per heavy atom. The third-order valence-electron chi connectivity index (χ3n) is 3.78. The molecule has 0 aliphatic carbocycles. The summed E-state index contributed by atoms with van der Waals surface area (Å²) in [4.78, 5) is 14.4. The molecular weight excluding hydrogens is 240 g/mol. The van der Waals surface area contributed by atoms with Crippen LogP contribution in [0.15, 0.2) is 18.2 Å². The summed E-state index contributed by atoms with van der Waals surface area (Å²) in [5.74, 6) is 0.0670. The van der Waals surface area contributed by atoms with E-state index in [0.29, 0.717) is 19.7 Å². The summed E-state index contributed by atoms with van der Waals surface area (Å²) in [6.45, 7) is 7.65. The molecule has 2 atom stereocenters. The molecule has 19 heavy (non-hydrogen) atoms. The van der Waals surface area contributed by atoms with Gasteiger partial charge in [0.05, 0.1) is 18.8 Å². The smallest absolute Gasteiger partial charge is 0.254 e. The molecule has 1 fully saturated rings. The van der Waals surface area contributed by atoms with Gasteiger partial charge < -0.3 is 15.4 Å². The van der Waals surface area contributed by atoms with Gasteiger partial charge in [0.2, 0.25) is 0 Å². The standard InChI is InChI=1S/C15H22N2O2/c1-10-4-5-13(6-11(10)2)15(18)17-8-14(7-16)19-9-12(17)3/h4-6,12,14H,7-9,16H2,1-3H3. The molecule has 104 valence electrons. The van der Waals surface area contributed by atoms with Crippen molar-refractivity contribution in [2.75, 3.05) is 19.7 Å². The van der Waals surface area contributed by atoms with Gasteiger partial charge in [0.1, 0.15) is 0 Å². The zero-order valence-electron chi connectivity index (χ0n) is 11.8. The normalized spacial score (nSPS) is 23.5. The van der Waals surface area contributed by atoms with Gasteiger partial charge in [0.25, 0.3) is 5.91 Å². The van der Waals surface area contributed by atoms with Gasteiger partial charge in [0, 0.05) is 18.7 Å². The Hall–Kier alpha value is -1.39. The summed E-state index contributed by atoms with van der Waals surface area (Å²) in [7, 11) is 0. The predicted molar refractivity (Wildman–Crippen MR) is 75.2 cm³/mol. The number of carbonyl (C=O) groups is 1. The Labute approximate surface area is 114 Å². The van der Waals surface area contributed by atoms with Crippen molar-refractivity contribution in [3.8, 4) is 0 Å². The van der Waals surface area contributed by atoms with Crippen molar-refractivity contribution in [2.45, 2.75) is 32.9 Å². The van der Waals surface area contributed by atoms with Crippen molar-refractivity contribution in [1.82, 2.24) is 4.90 Å². The van der Waals surface area contributed by atoms with Crippen LogP contribution in [0.25, 0.3) is 0 Å². The van der Waals surface area contributed by atoms with Crippen LogP contribution in [-0.4, -0.2) is 42.6 Å². The maximum atomic E-state index is 12.6. The minimum absolute atomic E-state index is 0.0494. The fraction of sp³-hybridized carbons (Fsp3) is 0.533. The van der Waals surface area contributed by atoms with Gasteiger partial charge in [-0.15, -0.1) is 0 Å². The molecule has 2 N–H and O–H groups in total. The highest BCUT2D eigenvalue weighted by Gasteiger charge is 2.29. The van der Waals surface area contributed by atoms with E-state index in [1.54, 1.807) is 0 Å². The number of hydrogen-bond donors (Lipinski definition) is 1. The van der Waals surface area contributed by atoms with E-state index >= 15 is 0 Å². The van der Waals surface area contributed by atoms with Crippen LogP contribution in [0.1, 0.15) is 28.4 Å². The largest absolute Gasteiger partial charge is 0.373 e. The molecule has 0 aromatic heterocycles. The third kappa shape index (κ3) is 2.96. The van der Waals surface area contributed by atoms with E-state index in [4.69, 9.17) is 10.5 Å². The van der Waals surface area contributed by atoms with Gasteiger partial charge in [-0.1, -0.05) is 6.07 Å². The maximum Gasteiger partial charge on any atom is 0.254 e. The van der Waals surface area contributed by atoms with Crippen molar-refractivity contribution in [3.63, 3.8) is 0 Å². The molecular formula is C15H22N2O2. The Kier molecular flexibility index (Phi) is 4.22. The van der Waals surface area contributed by atoms with E-state index in [1.165, 1.54) is 5.56 Å². The molecule has 1 saturated heterocycles. The van der Waals surface area contributed by atoms with Gasteiger partial charge in [-0.3, -0.25) is 4.79 Å². The van der Waals surface area contributed by atoms with E-state index in [2.05, 4.69) is 0 Å². The molecule has 1 aromatic rings. The van der Waals surface area contributed by atoms with E-state index in [0.717, 1.165) is 11.1 Å². The SMILES string of the molecule is Cc1ccc(C(=O)N2CC(CN)OCC2C)cc1C. The highest BCUT2D eigenvalue weighted by atomic mass is 16.5. The fourth-order valence-corrected chi connectivity index (χ4v) is 2.28. The van der Waals surface area contributed by atoms with E-state index < -0.39 is 0 Å². The second kappa shape index (κ2) is 5.72. The Bertz CT molecular complexity index is 473. The van der Waals surface area contributed by atoms with E-state index in [-0.39, 0.29) is 18.1 Å². The van der Waals surface area contributed by atoms with Crippen LogP contribution in [0.4, 0.5) is 0 Å². The lowest BCUT2D eigenvalue weighted by Crippen LogP contribution is -2.52. The van der Waals surface area contributed by atoms with Crippen LogP contribution in [0, 0.1) is 13.8 Å². The summed E-state index contributed by atoms with van der Waals surface area (Å²) in [5, 5.41) is 0. The van der Waals surface area contributed by atoms with Gasteiger partial charge in [-0.05, 0) is 44.0 Å². The molecule has 4 heteroatoms. The Balaban J connectivity index is 2.19. The fourth-order valence-electron chi connectivity index (χ4n) is 2.28. The van der Waals surface area contributed by atoms with Crippen molar-refractivity contribution in [2.24, 2.45) is 5.73 Å². The van der Waals surface area contributed by atoms with Crippen LogP contribution in [0.3, 0.4) is 0 Å². The highest BCUT2D eigenvalue weighted by molar-refractivity contribution is 5.94. The van der Waals surface area contributed by atoms with Gasteiger partial charge in [0.15, 0.2) is 0 Å². The number of rotatable bonds is 2. The lowest BCUT2D eigenvalue weighted by molar-refractivity contribution is -0.0426. The molecule has 1 aliphatic heterocycles. The first-order valence-corrected chi connectivity index (χ1v) is 6.72. The zero-order chi connectivity index (χ0) is 14.0. The number of carbonyl (C=O) groups excluding carboxylic acids is 1. The Morgan fingerprint density at radius 2 is 2.16 bits per heavy atom. The first kappa shape index (κ1) is 14.0. The van der Waals surface area contributed by atoms with Crippen LogP contribution < -0.4 is 5.73 Å². The highest BCUT2D eigenvalue weighted by Crippen LogP contribution is 2.17. The van der Waals surface area contributed by atoms with E-state index in [1.807, 2.05) is 43.9 Å². The molecule has 0 bridgehead atoms. The maximum absolute atomic E-state index is 12.6. The summed E-state index contributed by atoms with van der Waals surface area (Å²) in [6.07, 6.45) is -0.0494. The summed E-state index contributed by atoms with van der Waals surface area (Å²) < 4.78 is 5.58. The van der Waals surface area contributed by atoms with Gasteiger partial charge >= 0.3 is 0 Å². The predicted octanol–water partition coefficient (Wildman–Crippen LogP) is 1.49. The summed E-state index contributed by atoms with van der Waals surface area (Å²) >= 11 is 0. The Morgan fingerprint density at radius 3 is 2.79 bits per heavy atom. The first-order chi connectivity index (χ1) is 9.02. The second-order valence-corrected chi connectivity index (χ2v) is 5.30. The van der Waals surface area contributed by atoms with Crippen LogP contribution >= 0.6 is 0 Å². The molecule has 4 nitrogen and oxygen atoms in total. The minimum atomic E-state index is -0.0494. The molecule has 0 spiro atoms. The second-order valence-electron chi connectivity index (χ2n) is 5.30. The lowest BCUT2D eigenvalue weighted by Gasteiger charge is -2.37. The number of amides is 1. The van der Waals surface area contributed by atoms with Crippen molar-refractivity contribution in [3.05, 3.63) is 34.9 Å². The van der Waals surface area contributed by atoms with Gasteiger partial charge in [-0.25, -0.2) is 0 Å². The molecule has 0 radical (unpaired) electrons. The van der Waals surface area contributed by atoms with Crippen molar-refractivity contribution < 1.29 is 9.53 Å². The first-order valence-electron chi connectivity index (χ1n) is 6.72. The molecule has 1 amide bonds. The third-order valence-corrected chi connectivity index (χ3v) is 3.78. The molecule has 2 rings (SSSR count). The number of nitrogens with two attached hydrogens (primary N) is 1. The number of ether oxygens (including phenoxy) is 1. The van der Waals surface area contributed by atoms with Crippen LogP contribution in [-0.2, 0) is 4.74 Å². The summed E-state index contributed by atoms with van der Waals surface area (Å²) in [5.41, 5.74) is 8.72. The molecule has 1 heterocycles. The quantitative estimate of drug-likeness (QED) is 0.878. The van der Waals surface area contributed by atoms with Crippen molar-refractivity contribution >= 4 is 5.91 Å². The lowest BCUT2D eigenvalue weighted by atomic mass is 10.0. The molecule has 2 unspecified atom stereocenters. The number of morpholine rings is 1. The van der Waals surface area contributed by atoms with Crippen molar-refractivity contribution in [1.29, 1.82) is 0 Å². The van der Waals surface area contributed by atoms with Crippen LogP contribution in [0.5, 0.6) is 0 Å². The van der Waals surface area contributed by atoms with E-state index in [9.17, 15) is 4.79 Å². The molecule has 1 aliphatic rings. The molecule has 0 saturated carbocycles. The average molecular weight is 262 g/mol. The number of benzene rings is 1. The average Bonchev–Trinajstić information content (AvgIpc) is 2.41. The zero-order valence-corrected chi connectivity index (χ0v) is 11.8. The van der Waals surface area contributed by atoms with Gasteiger partial charge in [-0.2, -0.15) is 0 Å². The monoisotopic (exact) mass is 262 g/mol. The topological polar surface area (TPSA) is 55.6 Å².